The highest BCUT2D eigenvalue weighted by atomic mass is 32.2. The van der Waals surface area contributed by atoms with Crippen LogP contribution >= 0.6 is 23.1 Å². The second-order valence-electron chi connectivity index (χ2n) is 6.97. The van der Waals surface area contributed by atoms with Crippen molar-refractivity contribution in [3.63, 3.8) is 0 Å². The molecular weight excluding hydrogens is 352 g/mol. The van der Waals surface area contributed by atoms with Crippen molar-refractivity contribution in [3.8, 4) is 10.7 Å². The van der Waals surface area contributed by atoms with Crippen molar-refractivity contribution in [1.29, 1.82) is 0 Å². The molecule has 0 unspecified atom stereocenters. The number of rotatable bonds is 6. The van der Waals surface area contributed by atoms with Gasteiger partial charge in [-0.2, -0.15) is 0 Å². The molecule has 2 aromatic rings. The molecule has 7 heteroatoms. The Bertz CT molecular complexity index is 718. The minimum Gasteiger partial charge on any atom is -0.342 e. The van der Waals surface area contributed by atoms with E-state index in [1.54, 1.807) is 11.3 Å². The molecule has 2 heterocycles. The SMILES string of the molecule is CN(C(=O)CSc1nnc(-c2cccs2)n1C1CC1)C1CCCCC1. The van der Waals surface area contributed by atoms with Gasteiger partial charge in [-0.15, -0.1) is 21.5 Å². The molecule has 0 aromatic carbocycles. The van der Waals surface area contributed by atoms with E-state index < -0.39 is 0 Å². The average Bonchev–Trinajstić information content (AvgIpc) is 3.18. The maximum Gasteiger partial charge on any atom is 0.233 e. The van der Waals surface area contributed by atoms with Crippen LogP contribution in [-0.2, 0) is 4.79 Å². The van der Waals surface area contributed by atoms with Gasteiger partial charge in [0, 0.05) is 19.1 Å². The van der Waals surface area contributed by atoms with Gasteiger partial charge in [-0.1, -0.05) is 37.1 Å². The lowest BCUT2D eigenvalue weighted by atomic mass is 9.94. The zero-order valence-electron chi connectivity index (χ0n) is 14.6. The lowest BCUT2D eigenvalue weighted by Crippen LogP contribution is -2.39. The topological polar surface area (TPSA) is 51.0 Å². The molecule has 0 N–H and O–H groups in total. The molecule has 2 saturated carbocycles. The summed E-state index contributed by atoms with van der Waals surface area (Å²) < 4.78 is 2.24. The maximum atomic E-state index is 12.6. The Labute approximate surface area is 156 Å². The van der Waals surface area contributed by atoms with E-state index >= 15 is 0 Å². The number of hydrogen-bond donors (Lipinski definition) is 0. The fourth-order valence-corrected chi connectivity index (χ4v) is 5.15. The first-order valence-corrected chi connectivity index (χ1v) is 11.0. The molecule has 0 radical (unpaired) electrons. The zero-order chi connectivity index (χ0) is 17.2. The first-order chi connectivity index (χ1) is 12.2. The van der Waals surface area contributed by atoms with Gasteiger partial charge >= 0.3 is 0 Å². The monoisotopic (exact) mass is 376 g/mol. The van der Waals surface area contributed by atoms with Crippen molar-refractivity contribution in [2.75, 3.05) is 12.8 Å². The van der Waals surface area contributed by atoms with E-state index in [0.29, 0.717) is 17.8 Å². The third-order valence-electron chi connectivity index (χ3n) is 5.16. The molecule has 4 rings (SSSR count). The number of carbonyl (C=O) groups is 1. The van der Waals surface area contributed by atoms with Crippen LogP contribution in [0.2, 0.25) is 0 Å². The van der Waals surface area contributed by atoms with Crippen LogP contribution in [0, 0.1) is 0 Å². The minimum atomic E-state index is 0.208. The number of carbonyl (C=O) groups excluding carboxylic acids is 1. The second-order valence-corrected chi connectivity index (χ2v) is 8.86. The lowest BCUT2D eigenvalue weighted by Gasteiger charge is -2.31. The van der Waals surface area contributed by atoms with E-state index in [1.807, 2.05) is 18.0 Å². The van der Waals surface area contributed by atoms with Crippen LogP contribution in [0.25, 0.3) is 10.7 Å². The molecule has 0 saturated heterocycles. The number of amides is 1. The smallest absolute Gasteiger partial charge is 0.233 e. The van der Waals surface area contributed by atoms with Crippen LogP contribution in [0.1, 0.15) is 51.0 Å². The molecule has 0 atom stereocenters. The summed E-state index contributed by atoms with van der Waals surface area (Å²) in [5, 5.41) is 11.8. The van der Waals surface area contributed by atoms with Gasteiger partial charge in [-0.05, 0) is 37.1 Å². The van der Waals surface area contributed by atoms with Gasteiger partial charge in [-0.3, -0.25) is 9.36 Å². The fraction of sp³-hybridized carbons (Fsp3) is 0.611. The summed E-state index contributed by atoms with van der Waals surface area (Å²) in [7, 11) is 1.96. The lowest BCUT2D eigenvalue weighted by molar-refractivity contribution is -0.129. The Morgan fingerprint density at radius 1 is 1.28 bits per heavy atom. The van der Waals surface area contributed by atoms with Crippen LogP contribution in [0.3, 0.4) is 0 Å². The first-order valence-electron chi connectivity index (χ1n) is 9.11. The van der Waals surface area contributed by atoms with Crippen molar-refractivity contribution in [2.24, 2.45) is 0 Å². The minimum absolute atomic E-state index is 0.208. The van der Waals surface area contributed by atoms with Crippen molar-refractivity contribution in [1.82, 2.24) is 19.7 Å². The van der Waals surface area contributed by atoms with E-state index in [2.05, 4.69) is 26.2 Å². The predicted molar refractivity (Wildman–Crippen MR) is 102 cm³/mol. The Morgan fingerprint density at radius 3 is 2.76 bits per heavy atom. The molecular formula is C18H24N4OS2. The van der Waals surface area contributed by atoms with Crippen LogP contribution in [-0.4, -0.2) is 44.4 Å². The highest BCUT2D eigenvalue weighted by molar-refractivity contribution is 7.99. The van der Waals surface area contributed by atoms with E-state index in [1.165, 1.54) is 43.9 Å². The number of thioether (sulfide) groups is 1. The molecule has 2 aliphatic rings. The standard InChI is InChI=1S/C18H24N4OS2/c1-21(13-6-3-2-4-7-13)16(23)12-25-18-20-19-17(15-8-5-11-24-15)22(18)14-9-10-14/h5,8,11,13-14H,2-4,6-7,9-10,12H2,1H3. The molecule has 2 aromatic heterocycles. The highest BCUT2D eigenvalue weighted by Crippen LogP contribution is 2.41. The van der Waals surface area contributed by atoms with Gasteiger partial charge in [0.05, 0.1) is 10.6 Å². The molecule has 0 aliphatic heterocycles. The Hall–Kier alpha value is -1.34. The van der Waals surface area contributed by atoms with Gasteiger partial charge in [0.25, 0.3) is 0 Å². The highest BCUT2D eigenvalue weighted by Gasteiger charge is 2.31. The molecule has 25 heavy (non-hydrogen) atoms. The summed E-state index contributed by atoms with van der Waals surface area (Å²) in [4.78, 5) is 15.7. The van der Waals surface area contributed by atoms with Crippen molar-refractivity contribution in [3.05, 3.63) is 17.5 Å². The number of aromatic nitrogens is 3. The van der Waals surface area contributed by atoms with Crippen molar-refractivity contribution < 1.29 is 4.79 Å². The third-order valence-corrected chi connectivity index (χ3v) is 6.95. The van der Waals surface area contributed by atoms with Gasteiger partial charge in [-0.25, -0.2) is 0 Å². The molecule has 2 aliphatic carbocycles. The normalized spacial score (nSPS) is 18.4. The van der Waals surface area contributed by atoms with Crippen LogP contribution in [0.15, 0.2) is 22.7 Å². The summed E-state index contributed by atoms with van der Waals surface area (Å²) in [6.45, 7) is 0. The van der Waals surface area contributed by atoms with Gasteiger partial charge in [0.2, 0.25) is 5.91 Å². The van der Waals surface area contributed by atoms with Crippen LogP contribution in [0.4, 0.5) is 0 Å². The molecule has 5 nitrogen and oxygen atoms in total. The summed E-state index contributed by atoms with van der Waals surface area (Å²) in [5.74, 6) is 1.61. The summed E-state index contributed by atoms with van der Waals surface area (Å²) in [6, 6.07) is 5.05. The van der Waals surface area contributed by atoms with Crippen molar-refractivity contribution in [2.45, 2.75) is 62.2 Å². The fourth-order valence-electron chi connectivity index (χ4n) is 3.51. The summed E-state index contributed by atoms with van der Waals surface area (Å²) >= 11 is 3.23. The Balaban J connectivity index is 1.43. The zero-order valence-corrected chi connectivity index (χ0v) is 16.2. The van der Waals surface area contributed by atoms with Crippen molar-refractivity contribution >= 4 is 29.0 Å². The quantitative estimate of drug-likeness (QED) is 0.708. The second kappa shape index (κ2) is 7.50. The largest absolute Gasteiger partial charge is 0.342 e. The summed E-state index contributed by atoms with van der Waals surface area (Å²) in [6.07, 6.45) is 8.45. The first kappa shape index (κ1) is 17.1. The molecule has 134 valence electrons. The predicted octanol–water partition coefficient (Wildman–Crippen LogP) is 4.22. The molecule has 2 fully saturated rings. The third kappa shape index (κ3) is 3.77. The van der Waals surface area contributed by atoms with E-state index in [4.69, 9.17) is 0 Å². The average molecular weight is 377 g/mol. The number of hydrogen-bond acceptors (Lipinski definition) is 5. The van der Waals surface area contributed by atoms with E-state index in [9.17, 15) is 4.79 Å². The summed E-state index contributed by atoms with van der Waals surface area (Å²) in [5.41, 5.74) is 0. The van der Waals surface area contributed by atoms with Gasteiger partial charge in [0.1, 0.15) is 0 Å². The van der Waals surface area contributed by atoms with E-state index in [-0.39, 0.29) is 5.91 Å². The Morgan fingerprint density at radius 2 is 2.08 bits per heavy atom. The van der Waals surface area contributed by atoms with Gasteiger partial charge in [0.15, 0.2) is 11.0 Å². The maximum absolute atomic E-state index is 12.6. The molecule has 0 bridgehead atoms. The van der Waals surface area contributed by atoms with Crippen LogP contribution in [0.5, 0.6) is 0 Å². The Kier molecular flexibility index (Phi) is 5.12. The number of nitrogens with zero attached hydrogens (tertiary/aromatic N) is 4. The van der Waals surface area contributed by atoms with E-state index in [0.717, 1.165) is 28.7 Å². The molecule has 1 amide bonds. The van der Waals surface area contributed by atoms with Crippen LogP contribution < -0.4 is 0 Å². The molecule has 0 spiro atoms. The van der Waals surface area contributed by atoms with Gasteiger partial charge < -0.3 is 4.90 Å². The number of thiophene rings is 1.